The van der Waals surface area contributed by atoms with Gasteiger partial charge in [0.05, 0.1) is 0 Å². The van der Waals surface area contributed by atoms with E-state index >= 15 is 0 Å². The van der Waals surface area contributed by atoms with Crippen LogP contribution in [0.3, 0.4) is 0 Å². The molecule has 0 unspecified atom stereocenters. The first-order valence-corrected chi connectivity index (χ1v) is 7.38. The molecule has 3 atom stereocenters. The first-order chi connectivity index (χ1) is 8.31. The SMILES string of the molecule is O=C(NC1CCCCC1)N[C@@H]1C[C@@H]2CC[C@@H]1C2. The standard InChI is InChI=1S/C14H24N2O/c17-14(15-12-4-2-1-3-5-12)16-13-9-10-6-7-11(13)8-10/h10-13H,1-9H2,(H2,15,16,17)/t10-,11-,13-/m1/s1. The zero-order valence-electron chi connectivity index (χ0n) is 10.6. The third-order valence-corrected chi connectivity index (χ3v) is 4.99. The number of nitrogens with one attached hydrogen (secondary N) is 2. The zero-order chi connectivity index (χ0) is 11.7. The molecular formula is C14H24N2O. The lowest BCUT2D eigenvalue weighted by atomic mass is 9.95. The fraction of sp³-hybridized carbons (Fsp3) is 0.929. The molecule has 0 saturated heterocycles. The molecule has 3 rings (SSSR count). The molecule has 0 aliphatic heterocycles. The molecule has 96 valence electrons. The number of hydrogen-bond acceptors (Lipinski definition) is 1. The summed E-state index contributed by atoms with van der Waals surface area (Å²) in [5, 5.41) is 6.36. The van der Waals surface area contributed by atoms with Gasteiger partial charge in [0, 0.05) is 12.1 Å². The molecule has 0 aromatic heterocycles. The van der Waals surface area contributed by atoms with Gasteiger partial charge in [0.15, 0.2) is 0 Å². The van der Waals surface area contributed by atoms with Crippen LogP contribution in [0.1, 0.15) is 57.8 Å². The third kappa shape index (κ3) is 2.58. The van der Waals surface area contributed by atoms with Gasteiger partial charge >= 0.3 is 6.03 Å². The van der Waals surface area contributed by atoms with Crippen LogP contribution in [0.2, 0.25) is 0 Å². The van der Waals surface area contributed by atoms with Gasteiger partial charge in [0.25, 0.3) is 0 Å². The van der Waals surface area contributed by atoms with Crippen LogP contribution in [0.15, 0.2) is 0 Å². The van der Waals surface area contributed by atoms with Crippen molar-refractivity contribution in [2.24, 2.45) is 11.8 Å². The lowest BCUT2D eigenvalue weighted by Gasteiger charge is -2.26. The van der Waals surface area contributed by atoms with E-state index in [2.05, 4.69) is 10.6 Å². The van der Waals surface area contributed by atoms with Crippen LogP contribution in [0.5, 0.6) is 0 Å². The van der Waals surface area contributed by atoms with Crippen molar-refractivity contribution in [1.29, 1.82) is 0 Å². The highest BCUT2D eigenvalue weighted by atomic mass is 16.2. The Balaban J connectivity index is 1.44. The van der Waals surface area contributed by atoms with Crippen LogP contribution in [-0.4, -0.2) is 18.1 Å². The van der Waals surface area contributed by atoms with Crippen molar-refractivity contribution in [2.75, 3.05) is 0 Å². The van der Waals surface area contributed by atoms with E-state index in [4.69, 9.17) is 0 Å². The average molecular weight is 236 g/mol. The van der Waals surface area contributed by atoms with E-state index in [9.17, 15) is 4.79 Å². The number of carbonyl (C=O) groups excluding carboxylic acids is 1. The van der Waals surface area contributed by atoms with E-state index in [-0.39, 0.29) is 6.03 Å². The summed E-state index contributed by atoms with van der Waals surface area (Å²) < 4.78 is 0. The number of rotatable bonds is 2. The van der Waals surface area contributed by atoms with Crippen molar-refractivity contribution in [3.05, 3.63) is 0 Å². The molecule has 2 amide bonds. The Morgan fingerprint density at radius 3 is 2.35 bits per heavy atom. The van der Waals surface area contributed by atoms with Gasteiger partial charge in [-0.15, -0.1) is 0 Å². The summed E-state index contributed by atoms with van der Waals surface area (Å²) in [4.78, 5) is 11.9. The molecule has 3 saturated carbocycles. The molecular weight excluding hydrogens is 212 g/mol. The van der Waals surface area contributed by atoms with Crippen LogP contribution in [-0.2, 0) is 0 Å². The Hall–Kier alpha value is -0.730. The van der Waals surface area contributed by atoms with Crippen LogP contribution < -0.4 is 10.6 Å². The Morgan fingerprint density at radius 1 is 0.882 bits per heavy atom. The van der Waals surface area contributed by atoms with Crippen molar-refractivity contribution < 1.29 is 4.79 Å². The van der Waals surface area contributed by atoms with E-state index in [1.165, 1.54) is 57.8 Å². The van der Waals surface area contributed by atoms with Crippen molar-refractivity contribution in [2.45, 2.75) is 69.9 Å². The number of amides is 2. The molecule has 3 nitrogen and oxygen atoms in total. The molecule has 0 aromatic carbocycles. The third-order valence-electron chi connectivity index (χ3n) is 4.99. The van der Waals surface area contributed by atoms with Crippen molar-refractivity contribution in [3.63, 3.8) is 0 Å². The monoisotopic (exact) mass is 236 g/mol. The molecule has 3 aliphatic carbocycles. The summed E-state index contributed by atoms with van der Waals surface area (Å²) in [6.07, 6.45) is 11.5. The minimum Gasteiger partial charge on any atom is -0.335 e. The fourth-order valence-corrected chi connectivity index (χ4v) is 4.06. The molecule has 17 heavy (non-hydrogen) atoms. The summed E-state index contributed by atoms with van der Waals surface area (Å²) >= 11 is 0. The summed E-state index contributed by atoms with van der Waals surface area (Å²) in [5.74, 6) is 1.68. The summed E-state index contributed by atoms with van der Waals surface area (Å²) in [7, 11) is 0. The highest BCUT2D eigenvalue weighted by molar-refractivity contribution is 5.74. The van der Waals surface area contributed by atoms with Gasteiger partial charge < -0.3 is 10.6 Å². The van der Waals surface area contributed by atoms with Gasteiger partial charge in [-0.1, -0.05) is 25.7 Å². The molecule has 2 bridgehead atoms. The Morgan fingerprint density at radius 2 is 1.71 bits per heavy atom. The molecule has 3 aliphatic rings. The van der Waals surface area contributed by atoms with Crippen molar-refractivity contribution in [3.8, 4) is 0 Å². The van der Waals surface area contributed by atoms with E-state index in [0.29, 0.717) is 12.1 Å². The fourth-order valence-electron chi connectivity index (χ4n) is 4.06. The van der Waals surface area contributed by atoms with Crippen molar-refractivity contribution in [1.82, 2.24) is 10.6 Å². The van der Waals surface area contributed by atoms with Gasteiger partial charge in [0.1, 0.15) is 0 Å². The maximum Gasteiger partial charge on any atom is 0.315 e. The van der Waals surface area contributed by atoms with Gasteiger partial charge in [-0.05, 0) is 43.9 Å². The largest absolute Gasteiger partial charge is 0.335 e. The first-order valence-electron chi connectivity index (χ1n) is 7.38. The Labute approximate surface area is 104 Å². The summed E-state index contributed by atoms with van der Waals surface area (Å²) in [6, 6.07) is 0.995. The maximum absolute atomic E-state index is 11.9. The minimum absolute atomic E-state index is 0.0921. The molecule has 3 fully saturated rings. The number of carbonyl (C=O) groups is 1. The summed E-state index contributed by atoms with van der Waals surface area (Å²) in [5.41, 5.74) is 0. The van der Waals surface area contributed by atoms with E-state index < -0.39 is 0 Å². The van der Waals surface area contributed by atoms with E-state index in [0.717, 1.165) is 11.8 Å². The van der Waals surface area contributed by atoms with Gasteiger partial charge in [-0.2, -0.15) is 0 Å². The zero-order valence-corrected chi connectivity index (χ0v) is 10.6. The van der Waals surface area contributed by atoms with Crippen molar-refractivity contribution >= 4 is 6.03 Å². The van der Waals surface area contributed by atoms with Crippen LogP contribution >= 0.6 is 0 Å². The van der Waals surface area contributed by atoms with Crippen LogP contribution in [0.25, 0.3) is 0 Å². The average Bonchev–Trinajstić information content (AvgIpc) is 2.92. The predicted octanol–water partition coefficient (Wildman–Crippen LogP) is 2.81. The number of hydrogen-bond donors (Lipinski definition) is 2. The quantitative estimate of drug-likeness (QED) is 0.760. The Kier molecular flexibility index (Phi) is 3.26. The van der Waals surface area contributed by atoms with E-state index in [1.807, 2.05) is 0 Å². The molecule has 0 heterocycles. The normalized spacial score (nSPS) is 37.1. The highest BCUT2D eigenvalue weighted by Crippen LogP contribution is 2.44. The minimum atomic E-state index is 0.0921. The second-order valence-corrected chi connectivity index (χ2v) is 6.23. The summed E-state index contributed by atoms with van der Waals surface area (Å²) in [6.45, 7) is 0. The first kappa shape index (κ1) is 11.4. The second kappa shape index (κ2) is 4.87. The smallest absolute Gasteiger partial charge is 0.315 e. The van der Waals surface area contributed by atoms with Crippen LogP contribution in [0.4, 0.5) is 4.79 Å². The lowest BCUT2D eigenvalue weighted by Crippen LogP contribution is -2.48. The molecule has 3 heteroatoms. The van der Waals surface area contributed by atoms with Gasteiger partial charge in [-0.3, -0.25) is 0 Å². The molecule has 0 aromatic rings. The predicted molar refractivity (Wildman–Crippen MR) is 67.8 cm³/mol. The molecule has 2 N–H and O–H groups in total. The number of urea groups is 1. The molecule has 0 spiro atoms. The van der Waals surface area contributed by atoms with E-state index in [1.54, 1.807) is 0 Å². The van der Waals surface area contributed by atoms with Gasteiger partial charge in [0.2, 0.25) is 0 Å². The highest BCUT2D eigenvalue weighted by Gasteiger charge is 2.40. The second-order valence-electron chi connectivity index (χ2n) is 6.23. The van der Waals surface area contributed by atoms with Gasteiger partial charge in [-0.25, -0.2) is 4.79 Å². The maximum atomic E-state index is 11.9. The lowest BCUT2D eigenvalue weighted by molar-refractivity contribution is 0.223. The Bertz CT molecular complexity index is 286. The van der Waals surface area contributed by atoms with Crippen LogP contribution in [0, 0.1) is 11.8 Å². The topological polar surface area (TPSA) is 41.1 Å². The number of fused-ring (bicyclic) bond motifs is 2. The molecule has 0 radical (unpaired) electrons.